The Hall–Kier alpha value is -3.59. The highest BCUT2D eigenvalue weighted by Crippen LogP contribution is 2.33. The van der Waals surface area contributed by atoms with Crippen LogP contribution in [0.15, 0.2) is 55.2 Å². The van der Waals surface area contributed by atoms with Crippen molar-refractivity contribution < 1.29 is 9.50 Å². The van der Waals surface area contributed by atoms with E-state index in [9.17, 15) is 9.50 Å². The largest absolute Gasteiger partial charge is 0.388 e. The van der Waals surface area contributed by atoms with Crippen LogP contribution >= 0.6 is 0 Å². The van der Waals surface area contributed by atoms with Gasteiger partial charge in [0.05, 0.1) is 12.4 Å². The summed E-state index contributed by atoms with van der Waals surface area (Å²) in [5.41, 5.74) is 4.57. The van der Waals surface area contributed by atoms with Crippen LogP contribution in [0.25, 0.3) is 33.6 Å². The first-order chi connectivity index (χ1) is 15.5. The minimum Gasteiger partial charge on any atom is -0.388 e. The van der Waals surface area contributed by atoms with Crippen LogP contribution in [0.3, 0.4) is 0 Å². The number of aliphatic hydroxyl groups is 1. The number of aryl methyl sites for hydroxylation is 2. The minimum atomic E-state index is -1.22. The Balaban J connectivity index is 1.57. The van der Waals surface area contributed by atoms with Crippen LogP contribution in [-0.2, 0) is 14.1 Å². The first kappa shape index (κ1) is 20.3. The van der Waals surface area contributed by atoms with E-state index in [2.05, 4.69) is 15.2 Å². The molecule has 1 N–H and O–H groups in total. The zero-order valence-corrected chi connectivity index (χ0v) is 17.9. The van der Waals surface area contributed by atoms with Gasteiger partial charge in [0.1, 0.15) is 18.1 Å². The molecule has 9 heteroatoms. The molecule has 1 saturated heterocycles. The van der Waals surface area contributed by atoms with E-state index in [0.29, 0.717) is 18.2 Å². The molecule has 1 aliphatic heterocycles. The lowest BCUT2D eigenvalue weighted by molar-refractivity contribution is 0.0643. The van der Waals surface area contributed by atoms with Crippen molar-refractivity contribution in [3.05, 3.63) is 55.2 Å². The molecule has 0 saturated carbocycles. The average Bonchev–Trinajstić information content (AvgIpc) is 3.43. The van der Waals surface area contributed by atoms with E-state index in [1.807, 2.05) is 61.9 Å². The van der Waals surface area contributed by atoms with Gasteiger partial charge in [0.15, 0.2) is 5.82 Å². The van der Waals surface area contributed by atoms with Gasteiger partial charge in [0.25, 0.3) is 0 Å². The number of hydrogen-bond donors (Lipinski definition) is 1. The van der Waals surface area contributed by atoms with Gasteiger partial charge in [0, 0.05) is 68.0 Å². The molecule has 1 aliphatic rings. The van der Waals surface area contributed by atoms with E-state index < -0.39 is 12.3 Å². The van der Waals surface area contributed by atoms with E-state index in [4.69, 9.17) is 4.98 Å². The van der Waals surface area contributed by atoms with Crippen molar-refractivity contribution in [2.24, 2.45) is 14.1 Å². The van der Waals surface area contributed by atoms with Crippen LogP contribution in [0.4, 0.5) is 10.2 Å². The smallest absolute Gasteiger partial charge is 0.161 e. The zero-order chi connectivity index (χ0) is 22.2. The second-order valence-corrected chi connectivity index (χ2v) is 8.14. The van der Waals surface area contributed by atoms with Crippen molar-refractivity contribution in [2.75, 3.05) is 18.0 Å². The van der Waals surface area contributed by atoms with Gasteiger partial charge in [-0.15, -0.1) is 0 Å². The average molecular weight is 433 g/mol. The van der Waals surface area contributed by atoms with Crippen LogP contribution in [0, 0.1) is 0 Å². The van der Waals surface area contributed by atoms with Crippen molar-refractivity contribution in [2.45, 2.75) is 18.7 Å². The number of rotatable bonds is 4. The highest BCUT2D eigenvalue weighted by molar-refractivity contribution is 5.77. The third kappa shape index (κ3) is 3.87. The Morgan fingerprint density at radius 3 is 2.38 bits per heavy atom. The summed E-state index contributed by atoms with van der Waals surface area (Å²) < 4.78 is 17.4. The van der Waals surface area contributed by atoms with Crippen molar-refractivity contribution in [3.63, 3.8) is 0 Å². The normalized spacial score (nSPS) is 18.8. The molecule has 1 aromatic carbocycles. The van der Waals surface area contributed by atoms with E-state index in [1.165, 1.54) is 0 Å². The summed E-state index contributed by atoms with van der Waals surface area (Å²) in [5, 5.41) is 18.6. The lowest BCUT2D eigenvalue weighted by Crippen LogP contribution is -2.45. The zero-order valence-electron chi connectivity index (χ0n) is 17.9. The molecule has 4 aromatic rings. The number of alkyl halides is 1. The predicted octanol–water partition coefficient (Wildman–Crippen LogP) is 2.85. The summed E-state index contributed by atoms with van der Waals surface area (Å²) >= 11 is 0. The van der Waals surface area contributed by atoms with Gasteiger partial charge in [-0.2, -0.15) is 10.2 Å². The molecule has 8 nitrogen and oxygen atoms in total. The van der Waals surface area contributed by atoms with Gasteiger partial charge in [0.2, 0.25) is 0 Å². The Morgan fingerprint density at radius 1 is 0.969 bits per heavy atom. The molecule has 0 aliphatic carbocycles. The summed E-state index contributed by atoms with van der Waals surface area (Å²) in [6.07, 6.45) is 7.19. The van der Waals surface area contributed by atoms with Gasteiger partial charge in [-0.05, 0) is 18.1 Å². The highest BCUT2D eigenvalue weighted by atomic mass is 19.1. The molecule has 1 fully saturated rings. The van der Waals surface area contributed by atoms with E-state index >= 15 is 0 Å². The topological polar surface area (TPSA) is 84.9 Å². The number of aromatic nitrogens is 6. The molecule has 0 radical (unpaired) electrons. The molecule has 32 heavy (non-hydrogen) atoms. The quantitative estimate of drug-likeness (QED) is 0.533. The fourth-order valence-electron chi connectivity index (χ4n) is 4.02. The molecule has 5 rings (SSSR count). The van der Waals surface area contributed by atoms with Crippen LogP contribution in [0.2, 0.25) is 0 Å². The van der Waals surface area contributed by atoms with E-state index in [0.717, 1.165) is 27.8 Å². The maximum absolute atomic E-state index is 13.9. The van der Waals surface area contributed by atoms with Gasteiger partial charge >= 0.3 is 0 Å². The molecule has 0 bridgehead atoms. The summed E-state index contributed by atoms with van der Waals surface area (Å²) in [7, 11) is 3.73. The lowest BCUT2D eigenvalue weighted by atomic mass is 10.0. The van der Waals surface area contributed by atoms with Crippen molar-refractivity contribution in [3.8, 4) is 33.6 Å². The number of β-amino-alcohol motifs (C(OH)–C–C–N with tert-alkyl or cyclic N) is 1. The summed E-state index contributed by atoms with van der Waals surface area (Å²) in [6.45, 7) is 0.651. The molecule has 2 atom stereocenters. The first-order valence-corrected chi connectivity index (χ1v) is 10.5. The molecule has 0 unspecified atom stereocenters. The molecule has 0 spiro atoms. The maximum atomic E-state index is 13.9. The first-order valence-electron chi connectivity index (χ1n) is 10.5. The van der Waals surface area contributed by atoms with Crippen molar-refractivity contribution >= 4 is 5.82 Å². The molecule has 4 heterocycles. The Bertz CT molecular complexity index is 1250. The Morgan fingerprint density at radius 2 is 1.69 bits per heavy atom. The molecule has 3 aromatic heterocycles. The SMILES string of the molecule is Cn1cc(-c2cccc(-c3ncc(-c4cnn(C)c4)c(N4CC[C@@H](F)[C@@H](O)C4)n3)c2)cn1. The number of hydrogen-bond acceptors (Lipinski definition) is 6. The van der Waals surface area contributed by atoms with E-state index in [1.54, 1.807) is 21.8 Å². The van der Waals surface area contributed by atoms with Gasteiger partial charge in [-0.25, -0.2) is 14.4 Å². The summed E-state index contributed by atoms with van der Waals surface area (Å²) in [5.74, 6) is 1.23. The second-order valence-electron chi connectivity index (χ2n) is 8.14. The molecular weight excluding hydrogens is 409 g/mol. The van der Waals surface area contributed by atoms with Crippen molar-refractivity contribution in [1.29, 1.82) is 0 Å². The maximum Gasteiger partial charge on any atom is 0.161 e. The van der Waals surface area contributed by atoms with E-state index in [-0.39, 0.29) is 13.0 Å². The Labute approximate surface area is 185 Å². The van der Waals surface area contributed by atoms with Crippen LogP contribution in [-0.4, -0.2) is 60.0 Å². The van der Waals surface area contributed by atoms with Crippen LogP contribution < -0.4 is 4.90 Å². The number of nitrogens with zero attached hydrogens (tertiary/aromatic N) is 7. The fraction of sp³-hybridized carbons (Fsp3) is 0.304. The molecule has 164 valence electrons. The molecular formula is C23H24FN7O. The predicted molar refractivity (Wildman–Crippen MR) is 120 cm³/mol. The fourth-order valence-corrected chi connectivity index (χ4v) is 4.02. The summed E-state index contributed by atoms with van der Waals surface area (Å²) in [6, 6.07) is 7.98. The van der Waals surface area contributed by atoms with Crippen molar-refractivity contribution in [1.82, 2.24) is 29.5 Å². The number of anilines is 1. The van der Waals surface area contributed by atoms with Gasteiger partial charge in [-0.3, -0.25) is 9.36 Å². The standard InChI is InChI=1S/C23H24FN7O/c1-29-12-17(9-26-29)15-4-3-5-16(8-15)22-25-11-19(18-10-27-30(2)13-18)23(28-22)31-7-6-20(24)21(32)14-31/h3-5,8-13,20-21,32H,6-7,14H2,1-2H3/t20-,21+/m1/s1. The number of piperidine rings is 1. The number of halogens is 1. The van der Waals surface area contributed by atoms with Gasteiger partial charge < -0.3 is 10.0 Å². The molecule has 0 amide bonds. The Kier molecular flexibility index (Phi) is 5.18. The highest BCUT2D eigenvalue weighted by Gasteiger charge is 2.30. The van der Waals surface area contributed by atoms with Crippen LogP contribution in [0.5, 0.6) is 0 Å². The van der Waals surface area contributed by atoms with Gasteiger partial charge in [-0.1, -0.05) is 18.2 Å². The summed E-state index contributed by atoms with van der Waals surface area (Å²) in [4.78, 5) is 11.4. The third-order valence-corrected chi connectivity index (χ3v) is 5.74. The minimum absolute atomic E-state index is 0.181. The second kappa shape index (κ2) is 8.16. The lowest BCUT2D eigenvalue weighted by Gasteiger charge is -2.34. The third-order valence-electron chi connectivity index (χ3n) is 5.74. The monoisotopic (exact) mass is 433 g/mol. The number of aliphatic hydroxyl groups excluding tert-OH is 1. The van der Waals surface area contributed by atoms with Crippen LogP contribution in [0.1, 0.15) is 6.42 Å². The number of benzene rings is 1.